The number of rotatable bonds is 5. The van der Waals surface area contributed by atoms with Crippen LogP contribution < -0.4 is 0 Å². The van der Waals surface area contributed by atoms with Gasteiger partial charge in [-0.2, -0.15) is 0 Å². The standard InChI is InChI=1S/C13H18N2O4/c1-5-8(3)12-10(6-2)7-11(14(16)17)9(4)13(12)15(18)19/h7-8H,5-6H2,1-4H3. The quantitative estimate of drug-likeness (QED) is 0.597. The van der Waals surface area contributed by atoms with Crippen molar-refractivity contribution in [2.24, 2.45) is 0 Å². The number of aryl methyl sites for hydroxylation is 1. The predicted molar refractivity (Wildman–Crippen MR) is 72.6 cm³/mol. The summed E-state index contributed by atoms with van der Waals surface area (Å²) in [5, 5.41) is 22.3. The lowest BCUT2D eigenvalue weighted by molar-refractivity contribution is -0.395. The molecule has 0 radical (unpaired) electrons. The first-order valence-electron chi connectivity index (χ1n) is 6.30. The second-order valence-corrected chi connectivity index (χ2v) is 4.62. The van der Waals surface area contributed by atoms with Gasteiger partial charge in [0.1, 0.15) is 5.56 Å². The number of benzene rings is 1. The molecule has 104 valence electrons. The van der Waals surface area contributed by atoms with Crippen LogP contribution in [0, 0.1) is 27.2 Å². The Kier molecular flexibility index (Phi) is 4.58. The van der Waals surface area contributed by atoms with Crippen molar-refractivity contribution < 1.29 is 9.85 Å². The summed E-state index contributed by atoms with van der Waals surface area (Å²) in [4.78, 5) is 21.2. The number of hydrogen-bond acceptors (Lipinski definition) is 4. The molecule has 1 atom stereocenters. The molecular weight excluding hydrogens is 248 g/mol. The maximum absolute atomic E-state index is 11.3. The molecule has 6 heteroatoms. The zero-order valence-electron chi connectivity index (χ0n) is 11.6. The van der Waals surface area contributed by atoms with E-state index in [-0.39, 0.29) is 22.9 Å². The Hall–Kier alpha value is -1.98. The average molecular weight is 266 g/mol. The van der Waals surface area contributed by atoms with E-state index in [1.165, 1.54) is 13.0 Å². The highest BCUT2D eigenvalue weighted by Crippen LogP contribution is 2.39. The van der Waals surface area contributed by atoms with Crippen molar-refractivity contribution in [3.63, 3.8) is 0 Å². The molecule has 0 N–H and O–H groups in total. The molecule has 0 bridgehead atoms. The van der Waals surface area contributed by atoms with Crippen LogP contribution in [0.25, 0.3) is 0 Å². The zero-order valence-corrected chi connectivity index (χ0v) is 11.6. The Morgan fingerprint density at radius 1 is 1.21 bits per heavy atom. The van der Waals surface area contributed by atoms with Gasteiger partial charge in [0.05, 0.1) is 9.85 Å². The van der Waals surface area contributed by atoms with Gasteiger partial charge in [0.25, 0.3) is 11.4 Å². The van der Waals surface area contributed by atoms with Gasteiger partial charge in [-0.15, -0.1) is 0 Å². The number of nitro groups is 2. The second kappa shape index (κ2) is 5.77. The summed E-state index contributed by atoms with van der Waals surface area (Å²) < 4.78 is 0. The second-order valence-electron chi connectivity index (χ2n) is 4.62. The monoisotopic (exact) mass is 266 g/mol. The third kappa shape index (κ3) is 2.72. The third-order valence-electron chi connectivity index (χ3n) is 3.52. The number of hydrogen-bond donors (Lipinski definition) is 0. The molecule has 0 aliphatic rings. The molecule has 0 aliphatic carbocycles. The maximum Gasteiger partial charge on any atom is 0.282 e. The van der Waals surface area contributed by atoms with Crippen molar-refractivity contribution in [3.8, 4) is 0 Å². The van der Waals surface area contributed by atoms with Crippen LogP contribution in [-0.2, 0) is 6.42 Å². The molecule has 1 unspecified atom stereocenters. The predicted octanol–water partition coefficient (Wildman–Crippen LogP) is 3.89. The van der Waals surface area contributed by atoms with Gasteiger partial charge >= 0.3 is 0 Å². The van der Waals surface area contributed by atoms with Crippen molar-refractivity contribution in [1.29, 1.82) is 0 Å². The van der Waals surface area contributed by atoms with E-state index < -0.39 is 9.85 Å². The van der Waals surface area contributed by atoms with Gasteiger partial charge in [-0.25, -0.2) is 0 Å². The lowest BCUT2D eigenvalue weighted by atomic mass is 9.88. The van der Waals surface area contributed by atoms with Crippen LogP contribution in [0.5, 0.6) is 0 Å². The number of nitrogens with zero attached hydrogens (tertiary/aromatic N) is 2. The van der Waals surface area contributed by atoms with Crippen molar-refractivity contribution in [2.45, 2.75) is 46.5 Å². The number of nitro benzene ring substituents is 2. The van der Waals surface area contributed by atoms with E-state index in [0.717, 1.165) is 6.42 Å². The largest absolute Gasteiger partial charge is 0.282 e. The van der Waals surface area contributed by atoms with Crippen LogP contribution in [0.1, 0.15) is 49.8 Å². The van der Waals surface area contributed by atoms with Gasteiger partial charge in [0.15, 0.2) is 0 Å². The molecule has 6 nitrogen and oxygen atoms in total. The highest BCUT2D eigenvalue weighted by molar-refractivity contribution is 5.62. The summed E-state index contributed by atoms with van der Waals surface area (Å²) in [7, 11) is 0. The Morgan fingerprint density at radius 2 is 1.79 bits per heavy atom. The molecule has 0 saturated heterocycles. The molecular formula is C13H18N2O4. The lowest BCUT2D eigenvalue weighted by Gasteiger charge is -2.16. The van der Waals surface area contributed by atoms with E-state index >= 15 is 0 Å². The van der Waals surface area contributed by atoms with Gasteiger partial charge in [-0.1, -0.05) is 20.8 Å². The SMILES string of the molecule is CCc1cc([N+](=O)[O-])c(C)c([N+](=O)[O-])c1C(C)CC. The van der Waals surface area contributed by atoms with Gasteiger partial charge in [-0.3, -0.25) is 20.2 Å². The van der Waals surface area contributed by atoms with E-state index in [4.69, 9.17) is 0 Å². The molecule has 1 aromatic carbocycles. The third-order valence-corrected chi connectivity index (χ3v) is 3.52. The fraction of sp³-hybridized carbons (Fsp3) is 0.538. The smallest absolute Gasteiger partial charge is 0.258 e. The Morgan fingerprint density at radius 3 is 2.16 bits per heavy atom. The summed E-state index contributed by atoms with van der Waals surface area (Å²) in [6, 6.07) is 1.48. The van der Waals surface area contributed by atoms with Crippen molar-refractivity contribution >= 4 is 11.4 Å². The summed E-state index contributed by atoms with van der Waals surface area (Å²) in [5.41, 5.74) is 1.20. The van der Waals surface area contributed by atoms with Crippen molar-refractivity contribution in [2.75, 3.05) is 0 Å². The van der Waals surface area contributed by atoms with Crippen LogP contribution >= 0.6 is 0 Å². The fourth-order valence-corrected chi connectivity index (χ4v) is 2.30. The average Bonchev–Trinajstić information content (AvgIpc) is 2.36. The summed E-state index contributed by atoms with van der Waals surface area (Å²) >= 11 is 0. The summed E-state index contributed by atoms with van der Waals surface area (Å²) in [6.45, 7) is 7.16. The van der Waals surface area contributed by atoms with Crippen LogP contribution in [0.15, 0.2) is 6.07 Å². The van der Waals surface area contributed by atoms with Crippen molar-refractivity contribution in [1.82, 2.24) is 0 Å². The van der Waals surface area contributed by atoms with E-state index in [9.17, 15) is 20.2 Å². The molecule has 0 spiro atoms. The molecule has 1 aromatic rings. The van der Waals surface area contributed by atoms with Crippen LogP contribution in [0.4, 0.5) is 11.4 Å². The first kappa shape index (κ1) is 15.1. The Bertz CT molecular complexity index is 526. The topological polar surface area (TPSA) is 86.3 Å². The Labute approximate surface area is 111 Å². The molecule has 0 amide bonds. The van der Waals surface area contributed by atoms with Gasteiger partial charge in [0.2, 0.25) is 0 Å². The van der Waals surface area contributed by atoms with Gasteiger partial charge in [-0.05, 0) is 31.2 Å². The molecule has 1 rings (SSSR count). The fourth-order valence-electron chi connectivity index (χ4n) is 2.30. The van der Waals surface area contributed by atoms with Gasteiger partial charge in [0, 0.05) is 11.6 Å². The maximum atomic E-state index is 11.3. The van der Waals surface area contributed by atoms with Crippen LogP contribution in [0.3, 0.4) is 0 Å². The highest BCUT2D eigenvalue weighted by atomic mass is 16.6. The minimum absolute atomic E-state index is 0.00912. The van der Waals surface area contributed by atoms with Gasteiger partial charge < -0.3 is 0 Å². The van der Waals surface area contributed by atoms with Crippen molar-refractivity contribution in [3.05, 3.63) is 43.0 Å². The minimum Gasteiger partial charge on any atom is -0.258 e. The first-order valence-corrected chi connectivity index (χ1v) is 6.30. The normalized spacial score (nSPS) is 12.2. The molecule has 0 aromatic heterocycles. The summed E-state index contributed by atoms with van der Waals surface area (Å²) in [5.74, 6) is 0.00912. The lowest BCUT2D eigenvalue weighted by Crippen LogP contribution is -2.08. The van der Waals surface area contributed by atoms with Crippen LogP contribution in [-0.4, -0.2) is 9.85 Å². The van der Waals surface area contributed by atoms with Crippen LogP contribution in [0.2, 0.25) is 0 Å². The zero-order chi connectivity index (χ0) is 14.7. The van der Waals surface area contributed by atoms with E-state index in [0.29, 0.717) is 17.5 Å². The first-order chi connectivity index (χ1) is 8.84. The summed E-state index contributed by atoms with van der Waals surface area (Å²) in [6.07, 6.45) is 1.30. The molecule has 0 saturated carbocycles. The highest BCUT2D eigenvalue weighted by Gasteiger charge is 2.30. The molecule has 0 heterocycles. The van der Waals surface area contributed by atoms with E-state index in [1.807, 2.05) is 20.8 Å². The van der Waals surface area contributed by atoms with E-state index in [2.05, 4.69) is 0 Å². The van der Waals surface area contributed by atoms with E-state index in [1.54, 1.807) is 0 Å². The Balaban J connectivity index is 3.74. The molecule has 0 fully saturated rings. The molecule has 19 heavy (non-hydrogen) atoms. The molecule has 0 aliphatic heterocycles. The minimum atomic E-state index is -0.554.